The average Bonchev–Trinajstić information content (AvgIpc) is 2.77. The van der Waals surface area contributed by atoms with Crippen LogP contribution in [0.2, 0.25) is 0 Å². The van der Waals surface area contributed by atoms with Crippen LogP contribution in [-0.4, -0.2) is 40.2 Å². The Morgan fingerprint density at radius 2 is 1.61 bits per heavy atom. The van der Waals surface area contributed by atoms with Crippen molar-refractivity contribution in [3.63, 3.8) is 0 Å². The number of para-hydroxylation sites is 1. The minimum absolute atomic E-state index is 0.0356. The number of pyridine rings is 1. The summed E-state index contributed by atoms with van der Waals surface area (Å²) in [5.74, 6) is 0.393. The number of hydrogen-bond donors (Lipinski definition) is 0. The first-order chi connectivity index (χ1) is 13.8. The molecule has 1 aliphatic heterocycles. The van der Waals surface area contributed by atoms with Crippen LogP contribution in [0.15, 0.2) is 73.3 Å². The maximum Gasteiger partial charge on any atom is 0.336 e. The predicted molar refractivity (Wildman–Crippen MR) is 107 cm³/mol. The number of hydrogen-bond acceptors (Lipinski definition) is 5. The molecular weight excluding hydrogens is 354 g/mol. The van der Waals surface area contributed by atoms with E-state index in [1.165, 1.54) is 0 Å². The fraction of sp³-hybridized carbons (Fsp3) is 0.238. The van der Waals surface area contributed by atoms with Crippen LogP contribution >= 0.6 is 0 Å². The fourth-order valence-electron chi connectivity index (χ4n) is 3.30. The predicted octanol–water partition coefficient (Wildman–Crippen LogP) is 3.82. The molecule has 3 heterocycles. The zero-order chi connectivity index (χ0) is 19.2. The molecule has 4 rings (SSSR count). The molecule has 1 saturated heterocycles. The van der Waals surface area contributed by atoms with Gasteiger partial charge in [-0.25, -0.2) is 14.8 Å². The van der Waals surface area contributed by atoms with Crippen LogP contribution in [0, 0.1) is 0 Å². The van der Waals surface area contributed by atoms with Gasteiger partial charge in [0.25, 0.3) is 0 Å². The molecule has 0 spiro atoms. The number of nitrogens with zero attached hydrogens (tertiary/aromatic N) is 5. The van der Waals surface area contributed by atoms with Gasteiger partial charge in [0.15, 0.2) is 0 Å². The van der Waals surface area contributed by atoms with Crippen LogP contribution in [-0.2, 0) is 4.74 Å². The molecule has 2 amide bonds. The van der Waals surface area contributed by atoms with Crippen LogP contribution < -0.4 is 9.80 Å². The van der Waals surface area contributed by atoms with E-state index < -0.39 is 0 Å². The lowest BCUT2D eigenvalue weighted by Crippen LogP contribution is -2.49. The average molecular weight is 375 g/mol. The smallest absolute Gasteiger partial charge is 0.336 e. The van der Waals surface area contributed by atoms with Gasteiger partial charge >= 0.3 is 6.03 Å². The maximum atomic E-state index is 13.8. The number of benzene rings is 1. The van der Waals surface area contributed by atoms with E-state index in [9.17, 15) is 4.79 Å². The van der Waals surface area contributed by atoms with Gasteiger partial charge < -0.3 is 4.74 Å². The second-order valence-corrected chi connectivity index (χ2v) is 6.43. The molecule has 28 heavy (non-hydrogen) atoms. The van der Waals surface area contributed by atoms with Gasteiger partial charge in [-0.3, -0.25) is 14.8 Å². The second kappa shape index (κ2) is 8.58. The molecule has 0 radical (unpaired) electrons. The highest BCUT2D eigenvalue weighted by molar-refractivity contribution is 6.08. The van der Waals surface area contributed by atoms with Gasteiger partial charge in [-0.05, 0) is 43.2 Å². The summed E-state index contributed by atoms with van der Waals surface area (Å²) in [5, 5.41) is 0. The first-order valence-corrected chi connectivity index (χ1v) is 9.28. The number of ether oxygens (including phenoxy) is 1. The van der Waals surface area contributed by atoms with E-state index in [0.29, 0.717) is 24.8 Å². The summed E-state index contributed by atoms with van der Waals surface area (Å²) >= 11 is 0. The molecule has 142 valence electrons. The minimum atomic E-state index is -0.211. The van der Waals surface area contributed by atoms with E-state index in [1.807, 2.05) is 42.5 Å². The molecule has 0 aliphatic carbocycles. The van der Waals surface area contributed by atoms with Gasteiger partial charge in [-0.1, -0.05) is 18.2 Å². The van der Waals surface area contributed by atoms with Crippen LogP contribution in [0.25, 0.3) is 0 Å². The standard InChI is InChI=1S/C21H21N5O2/c27-21(25(17-6-2-1-3-7-17)19-8-4-11-22-16-19)26(18-9-14-28-15-10-18)20-23-12-5-13-24-20/h1-8,11-13,16,18H,9-10,14-15H2. The van der Waals surface area contributed by atoms with Crippen molar-refractivity contribution in [2.75, 3.05) is 23.0 Å². The molecule has 1 aromatic carbocycles. The molecule has 2 aromatic heterocycles. The summed E-state index contributed by atoms with van der Waals surface area (Å²) in [6.45, 7) is 1.22. The minimum Gasteiger partial charge on any atom is -0.381 e. The number of aromatic nitrogens is 3. The Morgan fingerprint density at radius 3 is 2.29 bits per heavy atom. The number of carbonyl (C=O) groups is 1. The van der Waals surface area contributed by atoms with Gasteiger partial charge in [0.05, 0.1) is 17.6 Å². The van der Waals surface area contributed by atoms with Crippen LogP contribution in [0.1, 0.15) is 12.8 Å². The monoisotopic (exact) mass is 375 g/mol. The number of amides is 2. The first kappa shape index (κ1) is 18.1. The number of rotatable bonds is 4. The number of urea groups is 1. The van der Waals surface area contributed by atoms with E-state index in [1.54, 1.807) is 40.7 Å². The normalized spacial score (nSPS) is 14.4. The van der Waals surface area contributed by atoms with Crippen molar-refractivity contribution in [1.82, 2.24) is 15.0 Å². The molecule has 1 fully saturated rings. The SMILES string of the molecule is O=C(N(c1ccccc1)c1cccnc1)N(c1ncccn1)C1CCOCC1. The third-order valence-corrected chi connectivity index (χ3v) is 4.64. The van der Waals surface area contributed by atoms with E-state index in [0.717, 1.165) is 18.5 Å². The number of anilines is 3. The van der Waals surface area contributed by atoms with Gasteiger partial charge in [0.1, 0.15) is 0 Å². The van der Waals surface area contributed by atoms with Crippen LogP contribution in [0.3, 0.4) is 0 Å². The maximum absolute atomic E-state index is 13.8. The van der Waals surface area contributed by atoms with Crippen molar-refractivity contribution in [1.29, 1.82) is 0 Å². The molecule has 0 bridgehead atoms. The fourth-order valence-corrected chi connectivity index (χ4v) is 3.30. The van der Waals surface area contributed by atoms with Gasteiger partial charge in [0.2, 0.25) is 5.95 Å². The lowest BCUT2D eigenvalue weighted by molar-refractivity contribution is 0.0855. The molecule has 7 heteroatoms. The lowest BCUT2D eigenvalue weighted by Gasteiger charge is -2.36. The third-order valence-electron chi connectivity index (χ3n) is 4.64. The van der Waals surface area contributed by atoms with Crippen molar-refractivity contribution in [2.24, 2.45) is 0 Å². The van der Waals surface area contributed by atoms with E-state index in [4.69, 9.17) is 4.74 Å². The van der Waals surface area contributed by atoms with Gasteiger partial charge in [-0.2, -0.15) is 0 Å². The molecule has 1 aliphatic rings. The van der Waals surface area contributed by atoms with E-state index >= 15 is 0 Å². The molecule has 0 saturated carbocycles. The Hall–Kier alpha value is -3.32. The van der Waals surface area contributed by atoms with E-state index in [2.05, 4.69) is 15.0 Å². The Balaban J connectivity index is 1.77. The van der Waals surface area contributed by atoms with Crippen LogP contribution in [0.5, 0.6) is 0 Å². The lowest BCUT2D eigenvalue weighted by atomic mass is 10.1. The highest BCUT2D eigenvalue weighted by Gasteiger charge is 2.33. The Bertz CT molecular complexity index is 847. The van der Waals surface area contributed by atoms with E-state index in [-0.39, 0.29) is 12.1 Å². The largest absolute Gasteiger partial charge is 0.381 e. The summed E-state index contributed by atoms with van der Waals surface area (Å²) in [6.07, 6.45) is 8.14. The second-order valence-electron chi connectivity index (χ2n) is 6.43. The molecule has 3 aromatic rings. The molecule has 7 nitrogen and oxygen atoms in total. The molecule has 0 N–H and O–H groups in total. The van der Waals surface area contributed by atoms with Crippen molar-refractivity contribution in [3.8, 4) is 0 Å². The Morgan fingerprint density at radius 1 is 0.893 bits per heavy atom. The quantitative estimate of drug-likeness (QED) is 0.693. The molecule has 0 atom stereocenters. The molecule has 0 unspecified atom stereocenters. The van der Waals surface area contributed by atoms with Gasteiger partial charge in [-0.15, -0.1) is 0 Å². The summed E-state index contributed by atoms with van der Waals surface area (Å²) in [7, 11) is 0. The Kier molecular flexibility index (Phi) is 5.53. The third kappa shape index (κ3) is 3.84. The summed E-state index contributed by atoms with van der Waals surface area (Å²) in [6, 6.07) is 14.7. The molecular formula is C21H21N5O2. The summed E-state index contributed by atoms with van der Waals surface area (Å²) in [4.78, 5) is 30.1. The van der Waals surface area contributed by atoms with Crippen molar-refractivity contribution >= 4 is 23.4 Å². The zero-order valence-corrected chi connectivity index (χ0v) is 15.4. The van der Waals surface area contributed by atoms with Gasteiger partial charge in [0, 0.05) is 37.8 Å². The van der Waals surface area contributed by atoms with Crippen LogP contribution in [0.4, 0.5) is 22.1 Å². The highest BCUT2D eigenvalue weighted by atomic mass is 16.5. The summed E-state index contributed by atoms with van der Waals surface area (Å²) < 4.78 is 5.49. The Labute approximate surface area is 163 Å². The topological polar surface area (TPSA) is 71.5 Å². The zero-order valence-electron chi connectivity index (χ0n) is 15.4. The van der Waals surface area contributed by atoms with Crippen molar-refractivity contribution in [3.05, 3.63) is 73.3 Å². The van der Waals surface area contributed by atoms with Crippen molar-refractivity contribution < 1.29 is 9.53 Å². The number of carbonyl (C=O) groups excluding carboxylic acids is 1. The summed E-state index contributed by atoms with van der Waals surface area (Å²) in [5.41, 5.74) is 1.44. The highest BCUT2D eigenvalue weighted by Crippen LogP contribution is 2.29. The van der Waals surface area contributed by atoms with Crippen molar-refractivity contribution in [2.45, 2.75) is 18.9 Å². The first-order valence-electron chi connectivity index (χ1n) is 9.28.